The fraction of sp³-hybridized carbons (Fsp3) is 0.500. The van der Waals surface area contributed by atoms with Gasteiger partial charge in [-0.2, -0.15) is 0 Å². The zero-order valence-electron chi connectivity index (χ0n) is 10.6. The Morgan fingerprint density at radius 1 is 1.06 bits per heavy atom. The molecule has 0 spiro atoms. The van der Waals surface area contributed by atoms with Crippen molar-refractivity contribution in [1.29, 1.82) is 0 Å². The molecule has 0 saturated heterocycles. The van der Waals surface area contributed by atoms with Gasteiger partial charge in [0.25, 0.3) is 0 Å². The van der Waals surface area contributed by atoms with Crippen molar-refractivity contribution in [1.82, 2.24) is 4.98 Å². The van der Waals surface area contributed by atoms with Crippen LogP contribution in [0.3, 0.4) is 0 Å². The lowest BCUT2D eigenvalue weighted by molar-refractivity contribution is 0.581. The molecular weight excluding hydrogens is 206 g/mol. The van der Waals surface area contributed by atoms with Gasteiger partial charge >= 0.3 is 0 Å². The lowest BCUT2D eigenvalue weighted by atomic mass is 9.96. The first-order chi connectivity index (χ1) is 8.34. The molecule has 1 N–H and O–H groups in total. The summed E-state index contributed by atoms with van der Waals surface area (Å²) in [6.07, 6.45) is 8.39. The Labute approximate surface area is 103 Å². The number of H-pyrrole nitrogens is 1. The van der Waals surface area contributed by atoms with Crippen molar-refractivity contribution in [2.45, 2.75) is 51.4 Å². The number of hydrogen-bond acceptors (Lipinski definition) is 0. The second kappa shape index (κ2) is 4.56. The van der Waals surface area contributed by atoms with Crippen LogP contribution in [0.4, 0.5) is 0 Å². The molecule has 3 rings (SSSR count). The first-order valence-corrected chi connectivity index (χ1v) is 6.93. The van der Waals surface area contributed by atoms with E-state index in [0.29, 0.717) is 0 Å². The van der Waals surface area contributed by atoms with Crippen molar-refractivity contribution in [3.8, 4) is 0 Å². The molecule has 1 nitrogen and oxygen atoms in total. The van der Waals surface area contributed by atoms with Gasteiger partial charge in [-0.25, -0.2) is 0 Å². The van der Waals surface area contributed by atoms with Crippen LogP contribution < -0.4 is 0 Å². The molecule has 0 bridgehead atoms. The number of nitrogens with one attached hydrogen (secondary N) is 1. The molecule has 0 aliphatic heterocycles. The van der Waals surface area contributed by atoms with E-state index in [9.17, 15) is 0 Å². The number of aromatic amines is 1. The second-order valence-corrected chi connectivity index (χ2v) is 5.45. The minimum absolute atomic E-state index is 0.768. The SMILES string of the molecule is Cc1cccc2[nH]c(C3CCCCCC3)cc12. The summed E-state index contributed by atoms with van der Waals surface area (Å²) in [5, 5.41) is 1.41. The highest BCUT2D eigenvalue weighted by atomic mass is 14.7. The van der Waals surface area contributed by atoms with Crippen molar-refractivity contribution < 1.29 is 0 Å². The Bertz CT molecular complexity index is 501. The highest BCUT2D eigenvalue weighted by Crippen LogP contribution is 2.33. The van der Waals surface area contributed by atoms with Crippen LogP contribution in [0.15, 0.2) is 24.3 Å². The van der Waals surface area contributed by atoms with E-state index in [2.05, 4.69) is 36.2 Å². The van der Waals surface area contributed by atoms with Crippen LogP contribution in [0.5, 0.6) is 0 Å². The van der Waals surface area contributed by atoms with Gasteiger partial charge in [0, 0.05) is 16.6 Å². The molecule has 0 unspecified atom stereocenters. The summed E-state index contributed by atoms with van der Waals surface area (Å²) >= 11 is 0. The zero-order chi connectivity index (χ0) is 11.7. The number of rotatable bonds is 1. The molecule has 17 heavy (non-hydrogen) atoms. The maximum atomic E-state index is 3.63. The first kappa shape index (κ1) is 10.9. The van der Waals surface area contributed by atoms with Gasteiger partial charge in [0.2, 0.25) is 0 Å². The van der Waals surface area contributed by atoms with Gasteiger partial charge in [-0.05, 0) is 43.4 Å². The molecule has 0 radical (unpaired) electrons. The predicted octanol–water partition coefficient (Wildman–Crippen LogP) is 4.91. The van der Waals surface area contributed by atoms with Gasteiger partial charge in [-0.1, -0.05) is 37.8 Å². The number of fused-ring (bicyclic) bond motifs is 1. The van der Waals surface area contributed by atoms with Crippen LogP contribution in [-0.2, 0) is 0 Å². The van der Waals surface area contributed by atoms with Gasteiger partial charge in [0.15, 0.2) is 0 Å². The quantitative estimate of drug-likeness (QED) is 0.666. The van der Waals surface area contributed by atoms with Crippen molar-refractivity contribution >= 4 is 10.9 Å². The third-order valence-electron chi connectivity index (χ3n) is 4.20. The molecule has 1 aromatic heterocycles. The van der Waals surface area contributed by atoms with Crippen molar-refractivity contribution in [3.05, 3.63) is 35.5 Å². The molecule has 1 aliphatic carbocycles. The molecule has 1 aromatic carbocycles. The largest absolute Gasteiger partial charge is 0.358 e. The lowest BCUT2D eigenvalue weighted by Gasteiger charge is -2.11. The van der Waals surface area contributed by atoms with E-state index in [-0.39, 0.29) is 0 Å². The van der Waals surface area contributed by atoms with Crippen molar-refractivity contribution in [2.75, 3.05) is 0 Å². The van der Waals surface area contributed by atoms with Crippen LogP contribution >= 0.6 is 0 Å². The molecule has 1 heterocycles. The van der Waals surface area contributed by atoms with E-state index in [1.54, 1.807) is 0 Å². The van der Waals surface area contributed by atoms with E-state index in [1.165, 1.54) is 60.7 Å². The molecule has 1 aliphatic rings. The Morgan fingerprint density at radius 3 is 2.53 bits per heavy atom. The highest BCUT2D eigenvalue weighted by Gasteiger charge is 2.16. The summed E-state index contributed by atoms with van der Waals surface area (Å²) in [4.78, 5) is 3.63. The van der Waals surface area contributed by atoms with Crippen LogP contribution in [0.2, 0.25) is 0 Å². The van der Waals surface area contributed by atoms with Crippen LogP contribution in [0.1, 0.15) is 55.7 Å². The fourth-order valence-corrected chi connectivity index (χ4v) is 3.14. The van der Waals surface area contributed by atoms with Crippen LogP contribution in [0, 0.1) is 6.92 Å². The van der Waals surface area contributed by atoms with E-state index in [0.717, 1.165) is 5.92 Å². The number of benzene rings is 1. The van der Waals surface area contributed by atoms with Crippen LogP contribution in [-0.4, -0.2) is 4.98 Å². The van der Waals surface area contributed by atoms with E-state index in [1.807, 2.05) is 0 Å². The molecule has 0 amide bonds. The molecular formula is C16H21N. The minimum Gasteiger partial charge on any atom is -0.358 e. The smallest absolute Gasteiger partial charge is 0.0458 e. The van der Waals surface area contributed by atoms with E-state index >= 15 is 0 Å². The first-order valence-electron chi connectivity index (χ1n) is 6.93. The van der Waals surface area contributed by atoms with E-state index < -0.39 is 0 Å². The second-order valence-electron chi connectivity index (χ2n) is 5.45. The standard InChI is InChI=1S/C16H21N/c1-12-7-6-10-15-14(12)11-16(17-15)13-8-4-2-3-5-9-13/h6-7,10-11,13,17H,2-5,8-9H2,1H3. The molecule has 1 heteroatoms. The molecule has 1 saturated carbocycles. The highest BCUT2D eigenvalue weighted by molar-refractivity contribution is 5.83. The summed E-state index contributed by atoms with van der Waals surface area (Å²) in [6.45, 7) is 2.20. The molecule has 1 fully saturated rings. The normalized spacial score (nSPS) is 18.4. The van der Waals surface area contributed by atoms with Gasteiger partial charge < -0.3 is 4.98 Å². The van der Waals surface area contributed by atoms with Crippen molar-refractivity contribution in [2.24, 2.45) is 0 Å². The molecule has 0 atom stereocenters. The van der Waals surface area contributed by atoms with Crippen molar-refractivity contribution in [3.63, 3.8) is 0 Å². The predicted molar refractivity (Wildman–Crippen MR) is 73.5 cm³/mol. The summed E-state index contributed by atoms with van der Waals surface area (Å²) in [7, 11) is 0. The average molecular weight is 227 g/mol. The van der Waals surface area contributed by atoms with Crippen LogP contribution in [0.25, 0.3) is 10.9 Å². The van der Waals surface area contributed by atoms with E-state index in [4.69, 9.17) is 0 Å². The van der Waals surface area contributed by atoms with Gasteiger partial charge in [0.05, 0.1) is 0 Å². The number of hydrogen-bond donors (Lipinski definition) is 1. The maximum Gasteiger partial charge on any atom is 0.0458 e. The number of aryl methyl sites for hydroxylation is 1. The summed E-state index contributed by atoms with van der Waals surface area (Å²) in [6, 6.07) is 8.93. The Balaban J connectivity index is 1.96. The van der Waals surface area contributed by atoms with Gasteiger partial charge in [-0.3, -0.25) is 0 Å². The Morgan fingerprint density at radius 2 is 1.82 bits per heavy atom. The summed E-state index contributed by atoms with van der Waals surface area (Å²) in [5.41, 5.74) is 4.17. The third kappa shape index (κ3) is 2.11. The average Bonchev–Trinajstić information content (AvgIpc) is 2.59. The molecule has 2 aromatic rings. The Hall–Kier alpha value is -1.24. The summed E-state index contributed by atoms with van der Waals surface area (Å²) < 4.78 is 0. The maximum absolute atomic E-state index is 3.63. The Kier molecular flexibility index (Phi) is 2.92. The van der Waals surface area contributed by atoms with Gasteiger partial charge in [-0.15, -0.1) is 0 Å². The fourth-order valence-electron chi connectivity index (χ4n) is 3.14. The summed E-state index contributed by atoms with van der Waals surface area (Å²) in [5.74, 6) is 0.768. The van der Waals surface area contributed by atoms with Gasteiger partial charge in [0.1, 0.15) is 0 Å². The number of aromatic nitrogens is 1. The third-order valence-corrected chi connectivity index (χ3v) is 4.20. The lowest BCUT2D eigenvalue weighted by Crippen LogP contribution is -1.96. The topological polar surface area (TPSA) is 15.8 Å². The zero-order valence-corrected chi connectivity index (χ0v) is 10.6. The molecule has 90 valence electrons. The monoisotopic (exact) mass is 227 g/mol. The minimum atomic E-state index is 0.768.